The molecule has 1 aliphatic heterocycles. The minimum atomic E-state index is -0.0207. The highest BCUT2D eigenvalue weighted by Crippen LogP contribution is 2.22. The number of likely N-dealkylation sites (tertiary alicyclic amines) is 1. The van der Waals surface area contributed by atoms with Gasteiger partial charge in [0.1, 0.15) is 18.1 Å². The maximum absolute atomic E-state index is 9.00. The highest BCUT2D eigenvalue weighted by Gasteiger charge is 2.22. The molecule has 1 aromatic heterocycles. The first-order chi connectivity index (χ1) is 8.83. The van der Waals surface area contributed by atoms with Crippen molar-refractivity contribution in [1.29, 1.82) is 0 Å². The Hall–Kier alpha value is -0.840. The van der Waals surface area contributed by atoms with Gasteiger partial charge >= 0.3 is 0 Å². The third-order valence-corrected chi connectivity index (χ3v) is 3.64. The molecular formula is C14H23NO3. The highest BCUT2D eigenvalue weighted by molar-refractivity contribution is 5.06. The summed E-state index contributed by atoms with van der Waals surface area (Å²) in [4.78, 5) is 2.47. The van der Waals surface area contributed by atoms with E-state index in [1.54, 1.807) is 7.11 Å². The van der Waals surface area contributed by atoms with Crippen molar-refractivity contribution in [3.05, 3.63) is 23.7 Å². The SMILES string of the molecule is COCC[C@H]1CCCCN1Cc1ccc(CO)o1. The summed E-state index contributed by atoms with van der Waals surface area (Å²) in [5.41, 5.74) is 0. The zero-order valence-electron chi connectivity index (χ0n) is 11.1. The third-order valence-electron chi connectivity index (χ3n) is 3.64. The molecule has 0 aliphatic carbocycles. The molecule has 0 amide bonds. The van der Waals surface area contributed by atoms with Gasteiger partial charge in [-0.05, 0) is 37.9 Å². The molecule has 2 heterocycles. The lowest BCUT2D eigenvalue weighted by Crippen LogP contribution is -2.39. The van der Waals surface area contributed by atoms with Gasteiger partial charge in [-0.25, -0.2) is 0 Å². The quantitative estimate of drug-likeness (QED) is 0.844. The van der Waals surface area contributed by atoms with Gasteiger partial charge in [0.25, 0.3) is 0 Å². The number of piperidine rings is 1. The standard InChI is InChI=1S/C14H23NO3/c1-17-9-7-12-4-2-3-8-15(12)10-13-5-6-14(11-16)18-13/h5-6,12,16H,2-4,7-11H2,1H3/t12-/m1/s1. The Morgan fingerprint density at radius 3 is 2.94 bits per heavy atom. The molecule has 0 unspecified atom stereocenters. The molecule has 102 valence electrons. The van der Waals surface area contributed by atoms with Gasteiger partial charge in [0.2, 0.25) is 0 Å². The average molecular weight is 253 g/mol. The van der Waals surface area contributed by atoms with Crippen molar-refractivity contribution in [2.45, 2.75) is 44.9 Å². The number of aliphatic hydroxyl groups excluding tert-OH is 1. The first kappa shape index (κ1) is 13.6. The zero-order valence-corrected chi connectivity index (χ0v) is 11.1. The summed E-state index contributed by atoms with van der Waals surface area (Å²) in [6.07, 6.45) is 4.91. The zero-order chi connectivity index (χ0) is 12.8. The van der Waals surface area contributed by atoms with Gasteiger partial charge in [-0.1, -0.05) is 6.42 Å². The van der Waals surface area contributed by atoms with Crippen LogP contribution in [0.1, 0.15) is 37.2 Å². The minimum absolute atomic E-state index is 0.0207. The molecule has 2 rings (SSSR count). The summed E-state index contributed by atoms with van der Waals surface area (Å²) in [6.45, 7) is 2.77. The number of ether oxygens (including phenoxy) is 1. The van der Waals surface area contributed by atoms with Crippen molar-refractivity contribution < 1.29 is 14.3 Å². The molecule has 1 aromatic rings. The molecule has 0 aromatic carbocycles. The van der Waals surface area contributed by atoms with Crippen LogP contribution in [0, 0.1) is 0 Å². The van der Waals surface area contributed by atoms with Crippen molar-refractivity contribution in [1.82, 2.24) is 4.90 Å². The summed E-state index contributed by atoms with van der Waals surface area (Å²) < 4.78 is 10.7. The lowest BCUT2D eigenvalue weighted by Gasteiger charge is -2.35. The number of hydrogen-bond donors (Lipinski definition) is 1. The van der Waals surface area contributed by atoms with Gasteiger partial charge in [-0.3, -0.25) is 4.90 Å². The third kappa shape index (κ3) is 3.57. The van der Waals surface area contributed by atoms with E-state index in [0.29, 0.717) is 11.8 Å². The Labute approximate surface area is 109 Å². The average Bonchev–Trinajstić information content (AvgIpc) is 2.85. The predicted octanol–water partition coefficient (Wildman–Crippen LogP) is 2.16. The molecule has 0 spiro atoms. The van der Waals surface area contributed by atoms with E-state index in [-0.39, 0.29) is 6.61 Å². The largest absolute Gasteiger partial charge is 0.462 e. The second-order valence-corrected chi connectivity index (χ2v) is 4.93. The fourth-order valence-electron chi connectivity index (χ4n) is 2.64. The second-order valence-electron chi connectivity index (χ2n) is 4.93. The summed E-state index contributed by atoms with van der Waals surface area (Å²) >= 11 is 0. The van der Waals surface area contributed by atoms with Crippen LogP contribution in [0.25, 0.3) is 0 Å². The number of methoxy groups -OCH3 is 1. The van der Waals surface area contributed by atoms with Crippen LogP contribution in [0.15, 0.2) is 16.5 Å². The van der Waals surface area contributed by atoms with E-state index in [9.17, 15) is 0 Å². The molecular weight excluding hydrogens is 230 g/mol. The van der Waals surface area contributed by atoms with Crippen LogP contribution in [-0.2, 0) is 17.9 Å². The van der Waals surface area contributed by atoms with E-state index in [1.165, 1.54) is 19.3 Å². The molecule has 4 nitrogen and oxygen atoms in total. The molecule has 1 N–H and O–H groups in total. The Balaban J connectivity index is 1.91. The summed E-state index contributed by atoms with van der Waals surface area (Å²) in [5.74, 6) is 1.60. The molecule has 1 saturated heterocycles. The Kier molecular flexibility index (Phi) is 5.23. The van der Waals surface area contributed by atoms with E-state index in [2.05, 4.69) is 4.90 Å². The lowest BCUT2D eigenvalue weighted by molar-refractivity contribution is 0.0906. The number of furan rings is 1. The van der Waals surface area contributed by atoms with Crippen LogP contribution >= 0.6 is 0 Å². The van der Waals surface area contributed by atoms with Gasteiger partial charge in [0.15, 0.2) is 0 Å². The minimum Gasteiger partial charge on any atom is -0.462 e. The van der Waals surface area contributed by atoms with Crippen LogP contribution < -0.4 is 0 Å². The van der Waals surface area contributed by atoms with Crippen LogP contribution in [-0.4, -0.2) is 36.3 Å². The fraction of sp³-hybridized carbons (Fsp3) is 0.714. The molecule has 0 radical (unpaired) electrons. The number of rotatable bonds is 6. The first-order valence-electron chi connectivity index (χ1n) is 6.75. The molecule has 1 aliphatic rings. The van der Waals surface area contributed by atoms with E-state index < -0.39 is 0 Å². The smallest absolute Gasteiger partial charge is 0.129 e. The molecule has 1 fully saturated rings. The first-order valence-corrected chi connectivity index (χ1v) is 6.75. The molecule has 0 saturated carbocycles. The van der Waals surface area contributed by atoms with Gasteiger partial charge in [0.05, 0.1) is 6.54 Å². The van der Waals surface area contributed by atoms with E-state index in [0.717, 1.165) is 31.9 Å². The fourth-order valence-corrected chi connectivity index (χ4v) is 2.64. The van der Waals surface area contributed by atoms with Gasteiger partial charge in [-0.2, -0.15) is 0 Å². The van der Waals surface area contributed by atoms with Gasteiger partial charge < -0.3 is 14.3 Å². The second kappa shape index (κ2) is 6.92. The van der Waals surface area contributed by atoms with E-state index in [1.807, 2.05) is 12.1 Å². The van der Waals surface area contributed by atoms with Crippen molar-refractivity contribution >= 4 is 0 Å². The van der Waals surface area contributed by atoms with Crippen LogP contribution in [0.3, 0.4) is 0 Å². The summed E-state index contributed by atoms with van der Waals surface area (Å²) in [6, 6.07) is 4.41. The van der Waals surface area contributed by atoms with E-state index >= 15 is 0 Å². The Bertz CT molecular complexity index is 351. The van der Waals surface area contributed by atoms with Crippen LogP contribution in [0.4, 0.5) is 0 Å². The highest BCUT2D eigenvalue weighted by atomic mass is 16.5. The molecule has 1 atom stereocenters. The molecule has 0 bridgehead atoms. The summed E-state index contributed by atoms with van der Waals surface area (Å²) in [5, 5.41) is 9.00. The Morgan fingerprint density at radius 1 is 1.39 bits per heavy atom. The number of nitrogens with zero attached hydrogens (tertiary/aromatic N) is 1. The number of aliphatic hydroxyl groups is 1. The normalized spacial score (nSPS) is 21.3. The Morgan fingerprint density at radius 2 is 2.22 bits per heavy atom. The van der Waals surface area contributed by atoms with Crippen molar-refractivity contribution in [3.8, 4) is 0 Å². The van der Waals surface area contributed by atoms with E-state index in [4.69, 9.17) is 14.3 Å². The van der Waals surface area contributed by atoms with Crippen LogP contribution in [0.5, 0.6) is 0 Å². The maximum atomic E-state index is 9.00. The monoisotopic (exact) mass is 253 g/mol. The van der Waals surface area contributed by atoms with Crippen LogP contribution in [0.2, 0.25) is 0 Å². The maximum Gasteiger partial charge on any atom is 0.129 e. The molecule has 4 heteroatoms. The summed E-state index contributed by atoms with van der Waals surface area (Å²) in [7, 11) is 1.76. The van der Waals surface area contributed by atoms with Gasteiger partial charge in [0, 0.05) is 19.8 Å². The van der Waals surface area contributed by atoms with Crippen molar-refractivity contribution in [2.24, 2.45) is 0 Å². The topological polar surface area (TPSA) is 45.8 Å². The van der Waals surface area contributed by atoms with Crippen molar-refractivity contribution in [2.75, 3.05) is 20.3 Å². The lowest BCUT2D eigenvalue weighted by atomic mass is 9.99. The molecule has 18 heavy (non-hydrogen) atoms. The predicted molar refractivity (Wildman–Crippen MR) is 69.2 cm³/mol. The van der Waals surface area contributed by atoms with Gasteiger partial charge in [-0.15, -0.1) is 0 Å². The number of hydrogen-bond acceptors (Lipinski definition) is 4. The van der Waals surface area contributed by atoms with Crippen molar-refractivity contribution in [3.63, 3.8) is 0 Å².